The number of nitrogens with one attached hydrogen (secondary N) is 1. The van der Waals surface area contributed by atoms with Crippen molar-refractivity contribution in [2.24, 2.45) is 5.92 Å². The lowest BCUT2D eigenvalue weighted by atomic mass is 10.1. The van der Waals surface area contributed by atoms with Crippen molar-refractivity contribution in [3.63, 3.8) is 0 Å². The van der Waals surface area contributed by atoms with Crippen molar-refractivity contribution in [3.8, 4) is 5.75 Å². The Morgan fingerprint density at radius 3 is 2.24 bits per heavy atom. The molecule has 3 amide bonds. The van der Waals surface area contributed by atoms with E-state index in [0.717, 1.165) is 17.0 Å². The largest absolute Gasteiger partial charge is 0.573 e. The van der Waals surface area contributed by atoms with E-state index in [9.17, 15) is 27.6 Å². The van der Waals surface area contributed by atoms with E-state index >= 15 is 0 Å². The fourth-order valence-electron chi connectivity index (χ4n) is 2.91. The van der Waals surface area contributed by atoms with Gasteiger partial charge in [-0.25, -0.2) is 0 Å². The highest BCUT2D eigenvalue weighted by molar-refractivity contribution is 6.22. The second kappa shape index (κ2) is 7.57. The van der Waals surface area contributed by atoms with Gasteiger partial charge in [-0.15, -0.1) is 13.2 Å². The molecule has 0 bridgehead atoms. The highest BCUT2D eigenvalue weighted by atomic mass is 19.4. The van der Waals surface area contributed by atoms with Crippen molar-refractivity contribution in [1.29, 1.82) is 0 Å². The van der Waals surface area contributed by atoms with Crippen LogP contribution in [-0.4, -0.2) is 35.5 Å². The highest BCUT2D eigenvalue weighted by Gasteiger charge is 2.36. The first-order valence-electron chi connectivity index (χ1n) is 8.72. The van der Waals surface area contributed by atoms with Crippen molar-refractivity contribution in [2.45, 2.75) is 20.2 Å². The predicted molar refractivity (Wildman–Crippen MR) is 97.7 cm³/mol. The Balaban J connectivity index is 1.74. The average molecular weight is 406 g/mol. The van der Waals surface area contributed by atoms with Gasteiger partial charge in [-0.1, -0.05) is 13.8 Å². The maximum absolute atomic E-state index is 12.5. The van der Waals surface area contributed by atoms with Crippen LogP contribution in [0.5, 0.6) is 5.75 Å². The molecule has 9 heteroatoms. The van der Waals surface area contributed by atoms with E-state index in [1.165, 1.54) is 30.3 Å². The average Bonchev–Trinajstić information content (AvgIpc) is 2.86. The van der Waals surface area contributed by atoms with Gasteiger partial charge in [0.2, 0.25) is 0 Å². The number of benzene rings is 2. The van der Waals surface area contributed by atoms with Gasteiger partial charge in [-0.05, 0) is 48.4 Å². The molecule has 1 aliphatic heterocycles. The molecule has 0 aliphatic carbocycles. The summed E-state index contributed by atoms with van der Waals surface area (Å²) in [5.41, 5.74) is 0.777. The molecular formula is C20H17F3N2O4. The highest BCUT2D eigenvalue weighted by Crippen LogP contribution is 2.26. The van der Waals surface area contributed by atoms with Crippen LogP contribution >= 0.6 is 0 Å². The Kier molecular flexibility index (Phi) is 5.32. The minimum absolute atomic E-state index is 0.101. The molecule has 0 atom stereocenters. The Hall–Kier alpha value is -3.36. The smallest absolute Gasteiger partial charge is 0.406 e. The molecule has 6 nitrogen and oxygen atoms in total. The molecule has 0 unspecified atom stereocenters. The number of nitrogens with zero attached hydrogens (tertiary/aromatic N) is 1. The van der Waals surface area contributed by atoms with Gasteiger partial charge in [0, 0.05) is 17.8 Å². The number of hydrogen-bond donors (Lipinski definition) is 1. The summed E-state index contributed by atoms with van der Waals surface area (Å²) in [5, 5.41) is 2.52. The van der Waals surface area contributed by atoms with Gasteiger partial charge in [-0.3, -0.25) is 19.3 Å². The van der Waals surface area contributed by atoms with Crippen LogP contribution in [0.2, 0.25) is 0 Å². The van der Waals surface area contributed by atoms with Crippen LogP contribution in [-0.2, 0) is 0 Å². The van der Waals surface area contributed by atoms with Crippen molar-refractivity contribution in [2.75, 3.05) is 11.9 Å². The van der Waals surface area contributed by atoms with E-state index < -0.39 is 29.8 Å². The zero-order valence-corrected chi connectivity index (χ0v) is 15.5. The van der Waals surface area contributed by atoms with Gasteiger partial charge < -0.3 is 10.1 Å². The van der Waals surface area contributed by atoms with Gasteiger partial charge in [0.15, 0.2) is 0 Å². The topological polar surface area (TPSA) is 75.7 Å². The van der Waals surface area contributed by atoms with E-state index in [0.29, 0.717) is 0 Å². The Bertz CT molecular complexity index is 969. The molecule has 1 N–H and O–H groups in total. The van der Waals surface area contributed by atoms with Crippen molar-refractivity contribution < 1.29 is 32.3 Å². The summed E-state index contributed by atoms with van der Waals surface area (Å²) in [4.78, 5) is 38.4. The van der Waals surface area contributed by atoms with Crippen LogP contribution in [0.4, 0.5) is 18.9 Å². The van der Waals surface area contributed by atoms with Crippen molar-refractivity contribution in [3.05, 3.63) is 59.2 Å². The lowest BCUT2D eigenvalue weighted by Crippen LogP contribution is -2.33. The minimum atomic E-state index is -4.80. The van der Waals surface area contributed by atoms with Crippen LogP contribution in [0, 0.1) is 5.92 Å². The maximum Gasteiger partial charge on any atom is 0.573 e. The van der Waals surface area contributed by atoms with Crippen LogP contribution in [0.3, 0.4) is 0 Å². The summed E-state index contributed by atoms with van der Waals surface area (Å²) in [6.07, 6.45) is -4.80. The number of carbonyl (C=O) groups excluding carboxylic acids is 3. The molecule has 2 aromatic carbocycles. The van der Waals surface area contributed by atoms with Crippen LogP contribution in [0.15, 0.2) is 42.5 Å². The summed E-state index contributed by atoms with van der Waals surface area (Å²) < 4.78 is 40.3. The molecular weight excluding hydrogens is 389 g/mol. The zero-order chi connectivity index (χ0) is 21.3. The lowest BCUT2D eigenvalue weighted by molar-refractivity contribution is -0.274. The number of amides is 3. The first kappa shape index (κ1) is 20.4. The number of anilines is 1. The SMILES string of the molecule is CC(C)CN1C(=O)c2ccc(C(=O)Nc3ccc(OC(F)(F)F)cc3)cc2C1=O. The summed E-state index contributed by atoms with van der Waals surface area (Å²) >= 11 is 0. The third-order valence-corrected chi connectivity index (χ3v) is 4.13. The van der Waals surface area contributed by atoms with Crippen LogP contribution in [0.25, 0.3) is 0 Å². The molecule has 29 heavy (non-hydrogen) atoms. The number of hydrogen-bond acceptors (Lipinski definition) is 4. The third-order valence-electron chi connectivity index (χ3n) is 4.13. The van der Waals surface area contributed by atoms with E-state index in [4.69, 9.17) is 0 Å². The zero-order valence-electron chi connectivity index (χ0n) is 15.5. The summed E-state index contributed by atoms with van der Waals surface area (Å²) in [5.74, 6) is -1.74. The van der Waals surface area contributed by atoms with Gasteiger partial charge in [0.25, 0.3) is 17.7 Å². The molecule has 0 saturated carbocycles. The van der Waals surface area contributed by atoms with Gasteiger partial charge in [-0.2, -0.15) is 0 Å². The van der Waals surface area contributed by atoms with Crippen LogP contribution in [0.1, 0.15) is 44.9 Å². The predicted octanol–water partition coefficient (Wildman–Crippen LogP) is 4.09. The molecule has 152 valence electrons. The van der Waals surface area contributed by atoms with E-state index in [-0.39, 0.29) is 34.8 Å². The van der Waals surface area contributed by atoms with Crippen LogP contribution < -0.4 is 10.1 Å². The second-order valence-electron chi connectivity index (χ2n) is 6.90. The molecule has 0 saturated heterocycles. The number of rotatable bonds is 5. The first-order chi connectivity index (χ1) is 13.5. The number of imide groups is 1. The molecule has 2 aromatic rings. The molecule has 0 spiro atoms. The Morgan fingerprint density at radius 1 is 1.03 bits per heavy atom. The van der Waals surface area contributed by atoms with Crippen molar-refractivity contribution >= 4 is 23.4 Å². The van der Waals surface area contributed by atoms with Gasteiger partial charge >= 0.3 is 6.36 Å². The molecule has 0 aromatic heterocycles. The molecule has 1 aliphatic rings. The number of fused-ring (bicyclic) bond motifs is 1. The van der Waals surface area contributed by atoms with Gasteiger partial charge in [0.05, 0.1) is 11.1 Å². The van der Waals surface area contributed by atoms with E-state index in [1.807, 2.05) is 13.8 Å². The fraction of sp³-hybridized carbons (Fsp3) is 0.250. The standard InChI is InChI=1S/C20H17F3N2O4/c1-11(2)10-25-18(27)15-8-3-12(9-16(15)19(25)28)17(26)24-13-4-6-14(7-5-13)29-20(21,22)23/h3-9,11H,10H2,1-2H3,(H,24,26). The molecule has 3 rings (SSSR count). The van der Waals surface area contributed by atoms with E-state index in [1.54, 1.807) is 0 Å². The lowest BCUT2D eigenvalue weighted by Gasteiger charge is -2.15. The van der Waals surface area contributed by atoms with Crippen molar-refractivity contribution in [1.82, 2.24) is 4.90 Å². The van der Waals surface area contributed by atoms with Gasteiger partial charge in [0.1, 0.15) is 5.75 Å². The number of alkyl halides is 3. The fourth-order valence-corrected chi connectivity index (χ4v) is 2.91. The molecule has 0 fully saturated rings. The Labute approximate surface area is 164 Å². The summed E-state index contributed by atoms with van der Waals surface area (Å²) in [6.45, 7) is 4.04. The quantitative estimate of drug-likeness (QED) is 0.759. The third kappa shape index (κ3) is 4.56. The number of carbonyl (C=O) groups is 3. The maximum atomic E-state index is 12.5. The monoisotopic (exact) mass is 406 g/mol. The minimum Gasteiger partial charge on any atom is -0.406 e. The Morgan fingerprint density at radius 2 is 1.66 bits per heavy atom. The first-order valence-corrected chi connectivity index (χ1v) is 8.72. The number of halogens is 3. The van der Waals surface area contributed by atoms with E-state index in [2.05, 4.69) is 10.1 Å². The summed E-state index contributed by atoms with van der Waals surface area (Å²) in [7, 11) is 0. The second-order valence-corrected chi connectivity index (χ2v) is 6.90. The molecule has 1 heterocycles. The number of ether oxygens (including phenoxy) is 1. The molecule has 0 radical (unpaired) electrons. The normalized spacial score (nSPS) is 13.7. The summed E-state index contributed by atoms with van der Waals surface area (Å²) in [6, 6.07) is 8.82.